The van der Waals surface area contributed by atoms with E-state index in [9.17, 15) is 24.6 Å². The van der Waals surface area contributed by atoms with Gasteiger partial charge in [-0.25, -0.2) is 13.6 Å². The first-order valence-electron chi connectivity index (χ1n) is 15.7. The second kappa shape index (κ2) is 10.6. The van der Waals surface area contributed by atoms with E-state index < -0.39 is 82.7 Å². The minimum Gasteiger partial charge on any atom is -0.423 e. The number of Topliss-reactive ketones (excluding diaryl/α,β-unsaturated/α-hetero) is 1. The fourth-order valence-corrected chi connectivity index (χ4v) is 9.40. The Labute approximate surface area is 264 Å². The summed E-state index contributed by atoms with van der Waals surface area (Å²) < 4.78 is 51.6. The molecule has 4 N–H and O–H groups in total. The van der Waals surface area contributed by atoms with Crippen LogP contribution < -0.4 is 5.73 Å². The molecule has 0 spiro atoms. The summed E-state index contributed by atoms with van der Waals surface area (Å²) in [6.07, 6.45) is 3.87. The van der Waals surface area contributed by atoms with Crippen molar-refractivity contribution in [1.29, 1.82) is 0 Å². The number of alkyl halides is 2. The molecule has 1 aromatic carbocycles. The van der Waals surface area contributed by atoms with Crippen LogP contribution in [0.25, 0.3) is 0 Å². The summed E-state index contributed by atoms with van der Waals surface area (Å²) in [6.45, 7) is 2.35. The number of carbonyl (C=O) groups excluding carboxylic acids is 3. The smallest absolute Gasteiger partial charge is 0.343 e. The molecule has 6 aliphatic rings. The molecule has 0 amide bonds. The van der Waals surface area contributed by atoms with Crippen LogP contribution in [0.5, 0.6) is 0 Å². The molecule has 3 saturated carbocycles. The summed E-state index contributed by atoms with van der Waals surface area (Å²) >= 11 is 0. The number of aliphatic hydroxyl groups excluding tert-OH is 2. The minimum atomic E-state index is -2.33. The molecule has 4 fully saturated rings. The molecule has 0 aromatic heterocycles. The lowest BCUT2D eigenvalue weighted by Crippen LogP contribution is -2.70. The number of hydrogen-bond donors (Lipinski definition) is 3. The zero-order valence-corrected chi connectivity index (χ0v) is 25.5. The Morgan fingerprint density at radius 1 is 1.13 bits per heavy atom. The largest absolute Gasteiger partial charge is 0.423 e. The van der Waals surface area contributed by atoms with Gasteiger partial charge >= 0.3 is 5.97 Å². The second-order valence-corrected chi connectivity index (χ2v) is 13.9. The molecule has 1 saturated heterocycles. The van der Waals surface area contributed by atoms with Gasteiger partial charge in [0.05, 0.1) is 17.8 Å². The first-order chi connectivity index (χ1) is 21.8. The number of ether oxygens (including phenoxy) is 3. The van der Waals surface area contributed by atoms with Gasteiger partial charge in [-0.2, -0.15) is 0 Å². The summed E-state index contributed by atoms with van der Waals surface area (Å²) in [5, 5.41) is 21.8. The van der Waals surface area contributed by atoms with E-state index in [1.165, 1.54) is 31.2 Å². The van der Waals surface area contributed by atoms with Gasteiger partial charge in [0.1, 0.15) is 18.5 Å². The van der Waals surface area contributed by atoms with Gasteiger partial charge < -0.3 is 30.2 Å². The molecule has 244 valence electrons. The molecule has 5 aliphatic carbocycles. The molecule has 1 unspecified atom stereocenters. The Balaban J connectivity index is 1.18. The number of fused-ring (bicyclic) bond motifs is 7. The highest BCUT2D eigenvalue weighted by Crippen LogP contribution is 2.72. The number of allylic oxidation sites excluding steroid dienone is 5. The van der Waals surface area contributed by atoms with Gasteiger partial charge in [-0.1, -0.05) is 31.2 Å². The predicted molar refractivity (Wildman–Crippen MR) is 159 cm³/mol. The molecular formula is C35H37F2NO8. The highest BCUT2D eigenvalue weighted by molar-refractivity contribution is 6.01. The van der Waals surface area contributed by atoms with Crippen molar-refractivity contribution >= 4 is 17.5 Å². The maximum atomic E-state index is 17.5. The van der Waals surface area contributed by atoms with E-state index in [4.69, 9.17) is 19.9 Å². The molecule has 11 heteroatoms. The van der Waals surface area contributed by atoms with Gasteiger partial charge in [0.25, 0.3) is 0 Å². The van der Waals surface area contributed by atoms with E-state index in [1.807, 2.05) is 6.08 Å². The van der Waals surface area contributed by atoms with Crippen molar-refractivity contribution in [3.8, 4) is 0 Å². The van der Waals surface area contributed by atoms with Crippen LogP contribution in [-0.4, -0.2) is 70.0 Å². The molecule has 46 heavy (non-hydrogen) atoms. The SMILES string of the molecule is C[C@]12C=CC(=O)C=C1[C@@H](F)C[C@H]1[C@@H]3C[C@H]4O[C@H](c5ccc(C(=O)OC6=CC(N)CC=C6)cc5)O[C@@]4(C(=O)CO)[C@@]3(C)C[C@H](O)[C@@]12F. The van der Waals surface area contributed by atoms with Crippen LogP contribution in [0.4, 0.5) is 8.78 Å². The topological polar surface area (TPSA) is 145 Å². The molecule has 1 heterocycles. The third-order valence-electron chi connectivity index (χ3n) is 11.6. The lowest BCUT2D eigenvalue weighted by molar-refractivity contribution is -0.235. The summed E-state index contributed by atoms with van der Waals surface area (Å²) in [6, 6.07) is 6.06. The Hall–Kier alpha value is -3.35. The van der Waals surface area contributed by atoms with Crippen LogP contribution in [0.15, 0.2) is 72.1 Å². The van der Waals surface area contributed by atoms with Crippen LogP contribution in [-0.2, 0) is 23.8 Å². The van der Waals surface area contributed by atoms with Crippen LogP contribution in [0.3, 0.4) is 0 Å². The van der Waals surface area contributed by atoms with Gasteiger partial charge in [0.2, 0.25) is 0 Å². The maximum Gasteiger partial charge on any atom is 0.343 e. The summed E-state index contributed by atoms with van der Waals surface area (Å²) in [7, 11) is 0. The normalized spacial score (nSPS) is 44.0. The van der Waals surface area contributed by atoms with Crippen molar-refractivity contribution in [3.05, 3.63) is 83.2 Å². The van der Waals surface area contributed by atoms with Gasteiger partial charge in [-0.15, -0.1) is 0 Å². The fraction of sp³-hybridized carbons (Fsp3) is 0.514. The average Bonchev–Trinajstić information content (AvgIpc) is 3.52. The van der Waals surface area contributed by atoms with Crippen molar-refractivity contribution in [2.75, 3.05) is 6.61 Å². The molecular weight excluding hydrogens is 600 g/mol. The van der Waals surface area contributed by atoms with Crippen LogP contribution >= 0.6 is 0 Å². The Morgan fingerprint density at radius 3 is 2.57 bits per heavy atom. The van der Waals surface area contributed by atoms with E-state index in [0.717, 1.165) is 6.08 Å². The number of esters is 1. The van der Waals surface area contributed by atoms with Gasteiger partial charge in [0, 0.05) is 28.4 Å². The molecule has 1 aliphatic heterocycles. The van der Waals surface area contributed by atoms with Crippen molar-refractivity contribution < 1.29 is 47.6 Å². The van der Waals surface area contributed by atoms with Crippen molar-refractivity contribution in [1.82, 2.24) is 0 Å². The molecule has 11 atom stereocenters. The highest BCUT2D eigenvalue weighted by atomic mass is 19.1. The van der Waals surface area contributed by atoms with Crippen molar-refractivity contribution in [2.45, 2.75) is 81.5 Å². The Bertz CT molecular complexity index is 1620. The maximum absolute atomic E-state index is 17.5. The van der Waals surface area contributed by atoms with Gasteiger partial charge in [0.15, 0.2) is 29.1 Å². The number of ketones is 2. The average molecular weight is 638 g/mol. The van der Waals surface area contributed by atoms with Crippen LogP contribution in [0, 0.1) is 22.7 Å². The number of rotatable bonds is 5. The third-order valence-corrected chi connectivity index (χ3v) is 11.6. The standard InChI is InChI=1S/C35H37F2NO8/c1-32-11-10-21(40)13-25(32)26(36)14-24-23-15-29-35(28(42)17-39,33(23,2)16-27(41)34(24,32)37)46-31(45-29)19-8-6-18(7-9-19)30(43)44-22-5-3-4-20(38)12-22/h3,5-13,20,23-24,26-27,29,31,39,41H,4,14-17,38H2,1-2H3/t20?,23-,24-,26-,27-,29+,31-,32-,33-,34-,35+/m0/s1. The molecule has 0 radical (unpaired) electrons. The van der Waals surface area contributed by atoms with Crippen LogP contribution in [0.1, 0.15) is 61.7 Å². The number of benzene rings is 1. The number of nitrogens with two attached hydrogens (primary N) is 1. The summed E-state index contributed by atoms with van der Waals surface area (Å²) in [5.74, 6) is -3.02. The molecule has 9 nitrogen and oxygen atoms in total. The highest BCUT2D eigenvalue weighted by Gasteiger charge is 2.80. The summed E-state index contributed by atoms with van der Waals surface area (Å²) in [5.41, 5.74) is -0.226. The quantitative estimate of drug-likeness (QED) is 0.412. The first kappa shape index (κ1) is 31.3. The molecule has 7 rings (SSSR count). The lowest BCUT2D eigenvalue weighted by Gasteiger charge is -2.63. The fourth-order valence-electron chi connectivity index (χ4n) is 9.40. The van der Waals surface area contributed by atoms with E-state index >= 15 is 8.78 Å². The van der Waals surface area contributed by atoms with E-state index in [0.29, 0.717) is 17.7 Å². The molecule has 0 bridgehead atoms. The van der Waals surface area contributed by atoms with Crippen molar-refractivity contribution in [3.63, 3.8) is 0 Å². The Kier molecular flexibility index (Phi) is 7.19. The monoisotopic (exact) mass is 637 g/mol. The van der Waals surface area contributed by atoms with Gasteiger partial charge in [-0.05, 0) is 80.5 Å². The Morgan fingerprint density at radius 2 is 1.87 bits per heavy atom. The molecule has 1 aromatic rings. The van der Waals surface area contributed by atoms with Crippen LogP contribution in [0.2, 0.25) is 0 Å². The van der Waals surface area contributed by atoms with Crippen molar-refractivity contribution in [2.24, 2.45) is 28.4 Å². The van der Waals surface area contributed by atoms with E-state index in [2.05, 4.69) is 0 Å². The zero-order chi connectivity index (χ0) is 32.8. The van der Waals surface area contributed by atoms with E-state index in [1.54, 1.807) is 31.2 Å². The zero-order valence-electron chi connectivity index (χ0n) is 25.5. The second-order valence-electron chi connectivity index (χ2n) is 13.9. The van der Waals surface area contributed by atoms with E-state index in [-0.39, 0.29) is 36.4 Å². The van der Waals surface area contributed by atoms with Gasteiger partial charge in [-0.3, -0.25) is 9.59 Å². The number of hydrogen-bond acceptors (Lipinski definition) is 9. The number of carbonyl (C=O) groups is 3. The third kappa shape index (κ3) is 4.11. The number of halogens is 2. The predicted octanol–water partition coefficient (Wildman–Crippen LogP) is 3.66. The summed E-state index contributed by atoms with van der Waals surface area (Å²) in [4.78, 5) is 38.6. The first-order valence-corrected chi connectivity index (χ1v) is 15.7. The minimum absolute atomic E-state index is 0.0103. The lowest BCUT2D eigenvalue weighted by atomic mass is 9.44. The number of aliphatic hydroxyl groups is 2.